The van der Waals surface area contributed by atoms with Crippen LogP contribution < -0.4 is 4.74 Å². The molecule has 1 aliphatic heterocycles. The molecule has 6 nitrogen and oxygen atoms in total. The van der Waals surface area contributed by atoms with Gasteiger partial charge in [0.15, 0.2) is 0 Å². The summed E-state index contributed by atoms with van der Waals surface area (Å²) in [6, 6.07) is 25.4. The van der Waals surface area contributed by atoms with Crippen LogP contribution in [0.2, 0.25) is 0 Å². The van der Waals surface area contributed by atoms with Crippen molar-refractivity contribution in [3.63, 3.8) is 0 Å². The number of benzene rings is 4. The van der Waals surface area contributed by atoms with Gasteiger partial charge < -0.3 is 19.5 Å². The molecule has 0 radical (unpaired) electrons. The van der Waals surface area contributed by atoms with Crippen LogP contribution in [-0.4, -0.2) is 42.0 Å². The first-order valence-electron chi connectivity index (χ1n) is 12.2. The van der Waals surface area contributed by atoms with Crippen molar-refractivity contribution < 1.29 is 28.6 Å². The first-order valence-corrected chi connectivity index (χ1v) is 12.2. The average Bonchev–Trinajstić information content (AvgIpc) is 3.20. The Morgan fingerprint density at radius 1 is 0.921 bits per heavy atom. The van der Waals surface area contributed by atoms with Crippen LogP contribution >= 0.6 is 0 Å². The number of nitrogens with zero attached hydrogens (tertiary/aromatic N) is 1. The number of aliphatic hydroxyl groups excluding tert-OH is 1. The summed E-state index contributed by atoms with van der Waals surface area (Å²) in [5.74, 6) is -1.40. The molecule has 192 valence electrons. The molecule has 0 spiro atoms. The van der Waals surface area contributed by atoms with Crippen LogP contribution in [0.1, 0.15) is 22.7 Å². The highest BCUT2D eigenvalue weighted by atomic mass is 19.1. The van der Waals surface area contributed by atoms with Gasteiger partial charge in [0.25, 0.3) is 11.7 Å². The molecular formula is C31H26FNO5. The van der Waals surface area contributed by atoms with Crippen molar-refractivity contribution in [2.45, 2.75) is 12.6 Å². The predicted octanol–water partition coefficient (Wildman–Crippen LogP) is 5.63. The number of ether oxygens (including phenoxy) is 2. The summed E-state index contributed by atoms with van der Waals surface area (Å²) in [4.78, 5) is 27.6. The zero-order valence-corrected chi connectivity index (χ0v) is 20.8. The van der Waals surface area contributed by atoms with Crippen molar-refractivity contribution in [2.24, 2.45) is 0 Å². The van der Waals surface area contributed by atoms with Crippen molar-refractivity contribution in [3.8, 4) is 5.75 Å². The zero-order valence-electron chi connectivity index (χ0n) is 20.8. The van der Waals surface area contributed by atoms with Crippen LogP contribution in [0.3, 0.4) is 0 Å². The van der Waals surface area contributed by atoms with Crippen molar-refractivity contribution >= 4 is 28.2 Å². The second-order valence-corrected chi connectivity index (χ2v) is 9.03. The summed E-state index contributed by atoms with van der Waals surface area (Å²) in [6.45, 7) is 0.676. The lowest BCUT2D eigenvalue weighted by atomic mass is 9.94. The summed E-state index contributed by atoms with van der Waals surface area (Å²) in [5.41, 5.74) is 1.95. The van der Waals surface area contributed by atoms with Gasteiger partial charge in [-0.1, -0.05) is 60.7 Å². The minimum atomic E-state index is -0.789. The smallest absolute Gasteiger partial charge is 0.295 e. The van der Waals surface area contributed by atoms with E-state index in [4.69, 9.17) is 9.47 Å². The average molecular weight is 512 g/mol. The lowest BCUT2D eigenvalue weighted by molar-refractivity contribution is -0.140. The molecule has 1 unspecified atom stereocenters. The molecule has 0 saturated carbocycles. The van der Waals surface area contributed by atoms with Crippen LogP contribution in [0.25, 0.3) is 16.5 Å². The van der Waals surface area contributed by atoms with E-state index in [9.17, 15) is 19.1 Å². The SMILES string of the molecule is COCCN1C(=O)C(=O)/C(=C(\O)c2ccc3ccccc3c2)C1c1ccc(OCc2ccc(F)cc2)cc1. The lowest BCUT2D eigenvalue weighted by Crippen LogP contribution is -2.32. The fourth-order valence-corrected chi connectivity index (χ4v) is 4.63. The van der Waals surface area contributed by atoms with Gasteiger partial charge in [-0.3, -0.25) is 9.59 Å². The molecule has 1 atom stereocenters. The molecule has 0 bridgehead atoms. The zero-order chi connectivity index (χ0) is 26.6. The van der Waals surface area contributed by atoms with Crippen molar-refractivity contribution in [2.75, 3.05) is 20.3 Å². The molecule has 1 fully saturated rings. The number of carbonyl (C=O) groups is 2. The van der Waals surface area contributed by atoms with E-state index in [0.717, 1.165) is 16.3 Å². The van der Waals surface area contributed by atoms with Crippen LogP contribution in [0.15, 0.2) is 96.6 Å². The number of likely N-dealkylation sites (tertiary alicyclic amines) is 1. The maximum atomic E-state index is 13.2. The number of fused-ring (bicyclic) bond motifs is 1. The maximum absolute atomic E-state index is 13.2. The second kappa shape index (κ2) is 10.9. The van der Waals surface area contributed by atoms with Gasteiger partial charge in [-0.25, -0.2) is 4.39 Å². The number of hydrogen-bond acceptors (Lipinski definition) is 5. The normalized spacial score (nSPS) is 16.8. The van der Waals surface area contributed by atoms with Gasteiger partial charge >= 0.3 is 0 Å². The number of aliphatic hydroxyl groups is 1. The van der Waals surface area contributed by atoms with Crippen LogP contribution in [0.5, 0.6) is 5.75 Å². The third-order valence-corrected chi connectivity index (χ3v) is 6.61. The number of methoxy groups -OCH3 is 1. The largest absolute Gasteiger partial charge is 0.507 e. The molecule has 4 aromatic carbocycles. The van der Waals surface area contributed by atoms with Gasteiger partial charge in [-0.15, -0.1) is 0 Å². The van der Waals surface area contributed by atoms with E-state index >= 15 is 0 Å². The van der Waals surface area contributed by atoms with E-state index in [1.54, 1.807) is 48.5 Å². The Bertz CT molecular complexity index is 1510. The third kappa shape index (κ3) is 5.01. The standard InChI is InChI=1S/C31H26FNO5/c1-37-17-16-33-28(22-10-14-26(15-11-22)38-19-20-6-12-25(32)13-7-20)27(30(35)31(33)36)29(34)24-9-8-21-4-2-3-5-23(21)18-24/h2-15,18,28,34H,16-17,19H2,1H3/b29-27-. The monoisotopic (exact) mass is 511 g/mol. The van der Waals surface area contributed by atoms with Crippen LogP contribution in [-0.2, 0) is 20.9 Å². The maximum Gasteiger partial charge on any atom is 0.295 e. The number of ketones is 1. The Hall–Kier alpha value is -4.49. The number of hydrogen-bond donors (Lipinski definition) is 1. The summed E-state index contributed by atoms with van der Waals surface area (Å²) in [5, 5.41) is 13.2. The number of halogens is 1. The predicted molar refractivity (Wildman–Crippen MR) is 142 cm³/mol. The topological polar surface area (TPSA) is 76.1 Å². The van der Waals surface area contributed by atoms with Gasteiger partial charge in [-0.2, -0.15) is 0 Å². The van der Waals surface area contributed by atoms with Gasteiger partial charge in [0.1, 0.15) is 23.9 Å². The highest BCUT2D eigenvalue weighted by Crippen LogP contribution is 2.40. The molecular weight excluding hydrogens is 485 g/mol. The molecule has 0 aromatic heterocycles. The Morgan fingerprint density at radius 2 is 1.63 bits per heavy atom. The molecule has 38 heavy (non-hydrogen) atoms. The number of amides is 1. The summed E-state index contributed by atoms with van der Waals surface area (Å²) in [6.07, 6.45) is 0. The minimum Gasteiger partial charge on any atom is -0.507 e. The number of carbonyl (C=O) groups excluding carboxylic acids is 2. The molecule has 1 saturated heterocycles. The highest BCUT2D eigenvalue weighted by Gasteiger charge is 2.45. The first kappa shape index (κ1) is 25.2. The van der Waals surface area contributed by atoms with Crippen LogP contribution in [0, 0.1) is 5.82 Å². The lowest BCUT2D eigenvalue weighted by Gasteiger charge is -2.25. The third-order valence-electron chi connectivity index (χ3n) is 6.61. The Morgan fingerprint density at radius 3 is 2.34 bits per heavy atom. The fourth-order valence-electron chi connectivity index (χ4n) is 4.63. The highest BCUT2D eigenvalue weighted by molar-refractivity contribution is 6.46. The molecule has 1 heterocycles. The summed E-state index contributed by atoms with van der Waals surface area (Å²) >= 11 is 0. The van der Waals surface area contributed by atoms with Gasteiger partial charge in [0, 0.05) is 19.2 Å². The second-order valence-electron chi connectivity index (χ2n) is 9.03. The van der Waals surface area contributed by atoms with E-state index in [1.807, 2.05) is 30.3 Å². The molecule has 1 aliphatic rings. The van der Waals surface area contributed by atoms with Crippen molar-refractivity contribution in [1.29, 1.82) is 0 Å². The quantitative estimate of drug-likeness (QED) is 0.189. The summed E-state index contributed by atoms with van der Waals surface area (Å²) in [7, 11) is 1.52. The van der Waals surface area contributed by atoms with E-state index in [1.165, 1.54) is 24.1 Å². The Balaban J connectivity index is 1.49. The molecule has 1 amide bonds. The minimum absolute atomic E-state index is 0.0290. The Kier molecular flexibility index (Phi) is 7.20. The first-order chi connectivity index (χ1) is 18.5. The van der Waals surface area contributed by atoms with Crippen LogP contribution in [0.4, 0.5) is 4.39 Å². The molecule has 0 aliphatic carbocycles. The van der Waals surface area contributed by atoms with Crippen molar-refractivity contribution in [1.82, 2.24) is 4.90 Å². The molecule has 5 rings (SSSR count). The number of rotatable bonds is 8. The van der Waals surface area contributed by atoms with E-state index in [2.05, 4.69) is 0 Å². The molecule has 7 heteroatoms. The fraction of sp³-hybridized carbons (Fsp3) is 0.161. The van der Waals surface area contributed by atoms with Gasteiger partial charge in [0.2, 0.25) is 0 Å². The van der Waals surface area contributed by atoms with E-state index in [-0.39, 0.29) is 36.9 Å². The summed E-state index contributed by atoms with van der Waals surface area (Å²) < 4.78 is 24.1. The Labute approximate surface area is 219 Å². The van der Waals surface area contributed by atoms with Gasteiger partial charge in [0.05, 0.1) is 18.2 Å². The molecule has 4 aromatic rings. The molecule has 1 N–H and O–H groups in total. The van der Waals surface area contributed by atoms with E-state index in [0.29, 0.717) is 16.9 Å². The van der Waals surface area contributed by atoms with E-state index < -0.39 is 17.7 Å². The van der Waals surface area contributed by atoms with Crippen molar-refractivity contribution in [3.05, 3.63) is 119 Å². The van der Waals surface area contributed by atoms with Gasteiger partial charge in [-0.05, 0) is 52.2 Å². The number of Topliss-reactive ketones (excluding diaryl/α,β-unsaturated/α-hetero) is 1.